The molecule has 31 heavy (non-hydrogen) atoms. The number of nitrogens with one attached hydrogen (secondary N) is 1. The molecule has 0 saturated carbocycles. The number of esters is 1. The topological polar surface area (TPSA) is 111 Å². The van der Waals surface area contributed by atoms with Gasteiger partial charge in [0.15, 0.2) is 11.5 Å². The molecular weight excluding hydrogens is 422 g/mol. The van der Waals surface area contributed by atoms with E-state index in [1.807, 2.05) is 51.3 Å². The predicted molar refractivity (Wildman–Crippen MR) is 114 cm³/mol. The SMILES string of the molecule is CC(C)OC(=O)C(C[C@@H](O)c1cccs1)(Nc1ccc2c(c1)OCO2)C(C)C.O=C=O. The largest absolute Gasteiger partial charge is 0.461 e. The molecule has 0 fully saturated rings. The fourth-order valence-corrected chi connectivity index (χ4v) is 3.95. The molecule has 8 nitrogen and oxygen atoms in total. The molecule has 0 spiro atoms. The Morgan fingerprint density at radius 3 is 2.48 bits per heavy atom. The highest BCUT2D eigenvalue weighted by Crippen LogP contribution is 2.39. The Morgan fingerprint density at radius 2 is 1.90 bits per heavy atom. The molecule has 0 bridgehead atoms. The van der Waals surface area contributed by atoms with Gasteiger partial charge in [-0.25, -0.2) is 4.79 Å². The van der Waals surface area contributed by atoms with Crippen LogP contribution in [0.1, 0.15) is 45.1 Å². The van der Waals surface area contributed by atoms with Gasteiger partial charge in [-0.15, -0.1) is 11.3 Å². The second-order valence-electron chi connectivity index (χ2n) is 7.59. The Balaban J connectivity index is 0.00000107. The minimum absolute atomic E-state index is 0.140. The zero-order valence-electron chi connectivity index (χ0n) is 17.9. The van der Waals surface area contributed by atoms with Gasteiger partial charge >= 0.3 is 12.1 Å². The molecule has 0 aliphatic carbocycles. The van der Waals surface area contributed by atoms with E-state index in [4.69, 9.17) is 23.8 Å². The number of fused-ring (bicyclic) bond motifs is 1. The van der Waals surface area contributed by atoms with Gasteiger partial charge in [0.2, 0.25) is 6.79 Å². The number of carbonyl (C=O) groups is 1. The monoisotopic (exact) mass is 449 g/mol. The molecule has 168 valence electrons. The average Bonchev–Trinajstić information content (AvgIpc) is 3.38. The number of thiophene rings is 1. The van der Waals surface area contributed by atoms with Gasteiger partial charge < -0.3 is 24.6 Å². The summed E-state index contributed by atoms with van der Waals surface area (Å²) in [5.41, 5.74) is -0.404. The molecule has 1 aromatic heterocycles. The van der Waals surface area contributed by atoms with Crippen LogP contribution in [0.15, 0.2) is 35.7 Å². The van der Waals surface area contributed by atoms with Crippen LogP contribution < -0.4 is 14.8 Å². The molecule has 1 aliphatic heterocycles. The number of rotatable bonds is 8. The summed E-state index contributed by atoms with van der Waals surface area (Å²) in [5.74, 6) is 0.771. The number of anilines is 1. The number of aliphatic hydroxyl groups is 1. The first-order valence-electron chi connectivity index (χ1n) is 9.83. The van der Waals surface area contributed by atoms with Crippen molar-refractivity contribution in [2.75, 3.05) is 12.1 Å². The van der Waals surface area contributed by atoms with Gasteiger partial charge in [0.25, 0.3) is 0 Å². The van der Waals surface area contributed by atoms with E-state index in [-0.39, 0.29) is 37.4 Å². The van der Waals surface area contributed by atoms with Gasteiger partial charge in [-0.1, -0.05) is 19.9 Å². The third kappa shape index (κ3) is 6.07. The third-order valence-electron chi connectivity index (χ3n) is 4.82. The second kappa shape index (κ2) is 10.9. The number of hydrogen-bond acceptors (Lipinski definition) is 9. The molecule has 0 amide bonds. The Labute approximate surface area is 185 Å². The molecular formula is C22H27NO7S. The molecule has 0 saturated heterocycles. The minimum Gasteiger partial charge on any atom is -0.461 e. The second-order valence-corrected chi connectivity index (χ2v) is 8.57. The van der Waals surface area contributed by atoms with Gasteiger partial charge in [0.1, 0.15) is 5.54 Å². The van der Waals surface area contributed by atoms with E-state index < -0.39 is 11.6 Å². The van der Waals surface area contributed by atoms with Crippen LogP contribution >= 0.6 is 11.3 Å². The van der Waals surface area contributed by atoms with Gasteiger partial charge in [-0.3, -0.25) is 0 Å². The lowest BCUT2D eigenvalue weighted by Crippen LogP contribution is -2.53. The summed E-state index contributed by atoms with van der Waals surface area (Å²) >= 11 is 1.47. The molecule has 0 radical (unpaired) electrons. The molecule has 1 unspecified atom stereocenters. The first kappa shape index (κ1) is 24.4. The summed E-state index contributed by atoms with van der Waals surface area (Å²) in [6.45, 7) is 7.71. The lowest BCUT2D eigenvalue weighted by molar-refractivity contribution is -0.191. The van der Waals surface area contributed by atoms with E-state index >= 15 is 0 Å². The number of aliphatic hydroxyl groups excluding tert-OH is 1. The number of carbonyl (C=O) groups excluding carboxylic acids is 3. The maximum absolute atomic E-state index is 13.2. The van der Waals surface area contributed by atoms with Crippen LogP contribution in [0, 0.1) is 5.92 Å². The molecule has 2 aromatic rings. The molecule has 2 N–H and O–H groups in total. The first-order valence-corrected chi connectivity index (χ1v) is 10.7. The lowest BCUT2D eigenvalue weighted by atomic mass is 9.80. The van der Waals surface area contributed by atoms with Crippen LogP contribution in [0.2, 0.25) is 0 Å². The van der Waals surface area contributed by atoms with Crippen molar-refractivity contribution in [2.24, 2.45) is 5.92 Å². The van der Waals surface area contributed by atoms with Gasteiger partial charge in [-0.05, 0) is 43.3 Å². The Morgan fingerprint density at radius 1 is 1.23 bits per heavy atom. The number of benzene rings is 1. The zero-order chi connectivity index (χ0) is 23.0. The molecule has 1 aliphatic rings. The van der Waals surface area contributed by atoms with Gasteiger partial charge in [0.05, 0.1) is 12.2 Å². The smallest absolute Gasteiger partial charge is 0.373 e. The van der Waals surface area contributed by atoms with Crippen LogP contribution in [0.5, 0.6) is 11.5 Å². The van der Waals surface area contributed by atoms with Crippen molar-refractivity contribution in [2.45, 2.75) is 51.9 Å². The molecule has 2 heterocycles. The summed E-state index contributed by atoms with van der Waals surface area (Å²) in [7, 11) is 0. The normalized spacial score (nSPS) is 14.8. The molecule has 2 atom stereocenters. The Bertz CT molecular complexity index is 891. The Hall–Kier alpha value is -2.87. The first-order chi connectivity index (χ1) is 14.7. The predicted octanol–water partition coefficient (Wildman–Crippen LogP) is 3.78. The maximum Gasteiger partial charge on any atom is 0.373 e. The van der Waals surface area contributed by atoms with Crippen molar-refractivity contribution in [3.8, 4) is 11.5 Å². The van der Waals surface area contributed by atoms with Crippen LogP contribution in [0.4, 0.5) is 5.69 Å². The van der Waals surface area contributed by atoms with E-state index in [9.17, 15) is 9.90 Å². The van der Waals surface area contributed by atoms with Crippen molar-refractivity contribution in [3.63, 3.8) is 0 Å². The lowest BCUT2D eigenvalue weighted by Gasteiger charge is -2.38. The fraction of sp³-hybridized carbons (Fsp3) is 0.455. The van der Waals surface area contributed by atoms with E-state index in [1.54, 1.807) is 12.1 Å². The Kier molecular flexibility index (Phi) is 8.62. The summed E-state index contributed by atoms with van der Waals surface area (Å²) in [5, 5.41) is 16.1. The average molecular weight is 450 g/mol. The van der Waals surface area contributed by atoms with Crippen molar-refractivity contribution >= 4 is 29.1 Å². The molecule has 3 rings (SSSR count). The van der Waals surface area contributed by atoms with Crippen LogP contribution in [-0.2, 0) is 19.1 Å². The van der Waals surface area contributed by atoms with Crippen molar-refractivity contribution in [1.82, 2.24) is 0 Å². The quantitative estimate of drug-likeness (QED) is 0.586. The van der Waals surface area contributed by atoms with Gasteiger partial charge in [-0.2, -0.15) is 9.59 Å². The zero-order valence-corrected chi connectivity index (χ0v) is 18.7. The summed E-state index contributed by atoms with van der Waals surface area (Å²) in [6.07, 6.45) is -0.614. The molecule has 1 aromatic carbocycles. The maximum atomic E-state index is 13.2. The van der Waals surface area contributed by atoms with E-state index in [0.29, 0.717) is 17.2 Å². The minimum atomic E-state index is -1.11. The van der Waals surface area contributed by atoms with Crippen LogP contribution in [0.25, 0.3) is 0 Å². The van der Waals surface area contributed by atoms with Crippen molar-refractivity contribution in [1.29, 1.82) is 0 Å². The highest BCUT2D eigenvalue weighted by atomic mass is 32.1. The van der Waals surface area contributed by atoms with E-state index in [2.05, 4.69) is 5.32 Å². The number of hydrogen-bond donors (Lipinski definition) is 2. The van der Waals surface area contributed by atoms with E-state index in [0.717, 1.165) is 4.88 Å². The molecule has 9 heteroatoms. The van der Waals surface area contributed by atoms with Crippen molar-refractivity contribution < 1.29 is 33.7 Å². The van der Waals surface area contributed by atoms with Crippen LogP contribution in [-0.4, -0.2) is 35.7 Å². The van der Waals surface area contributed by atoms with Gasteiger partial charge in [0, 0.05) is 23.1 Å². The number of ether oxygens (including phenoxy) is 3. The highest BCUT2D eigenvalue weighted by Gasteiger charge is 2.45. The standard InChI is InChI=1S/C21H27NO5S.CO2/c1-13(2)21(20(24)27-14(3)4,11-16(23)19-6-5-9-28-19)22-15-7-8-17-18(10-15)26-12-25-17;2-1-3/h5-10,13-14,16,22-23H,11-12H2,1-4H3;/t16-,21?;/m1./s1. The van der Waals surface area contributed by atoms with Crippen molar-refractivity contribution in [3.05, 3.63) is 40.6 Å². The van der Waals surface area contributed by atoms with E-state index in [1.165, 1.54) is 11.3 Å². The third-order valence-corrected chi connectivity index (χ3v) is 5.79. The summed E-state index contributed by atoms with van der Waals surface area (Å²) in [4.78, 5) is 30.3. The summed E-state index contributed by atoms with van der Waals surface area (Å²) < 4.78 is 16.4. The fourth-order valence-electron chi connectivity index (χ4n) is 3.24. The summed E-state index contributed by atoms with van der Waals surface area (Å²) in [6, 6.07) is 9.20. The highest BCUT2D eigenvalue weighted by molar-refractivity contribution is 7.10. The van der Waals surface area contributed by atoms with Crippen LogP contribution in [0.3, 0.4) is 0 Å².